The molecule has 0 aromatic carbocycles. The molecule has 2 N–H and O–H groups in total. The van der Waals surface area contributed by atoms with Gasteiger partial charge in [0.25, 0.3) is 0 Å². The summed E-state index contributed by atoms with van der Waals surface area (Å²) in [5.74, 6) is 0. The molecule has 1 heterocycles. The van der Waals surface area contributed by atoms with E-state index in [9.17, 15) is 8.42 Å². The van der Waals surface area contributed by atoms with Gasteiger partial charge in [0.1, 0.15) is 0 Å². The van der Waals surface area contributed by atoms with Gasteiger partial charge in [0.15, 0.2) is 0 Å². The molecule has 4 nitrogen and oxygen atoms in total. The van der Waals surface area contributed by atoms with Crippen molar-refractivity contribution in [2.75, 3.05) is 14.1 Å². The Kier molecular flexibility index (Phi) is 3.07. The van der Waals surface area contributed by atoms with Crippen LogP contribution in [0.4, 0.5) is 0 Å². The number of thiophene rings is 1. The standard InChI is InChI=1S/C7H12N2O2S2/c1-9(2)13(10,11)7-3-6(4-8)12-5-7/h3,5H,4,8H2,1-2H3. The van der Waals surface area contributed by atoms with Crippen molar-refractivity contribution in [2.24, 2.45) is 5.73 Å². The molecule has 0 radical (unpaired) electrons. The Morgan fingerprint density at radius 3 is 2.54 bits per heavy atom. The summed E-state index contributed by atoms with van der Waals surface area (Å²) >= 11 is 1.36. The molecule has 0 fully saturated rings. The van der Waals surface area contributed by atoms with Gasteiger partial charge >= 0.3 is 0 Å². The summed E-state index contributed by atoms with van der Waals surface area (Å²) in [5, 5.41) is 1.61. The van der Waals surface area contributed by atoms with Gasteiger partial charge in [-0.25, -0.2) is 12.7 Å². The molecular formula is C7H12N2O2S2. The van der Waals surface area contributed by atoms with Crippen molar-refractivity contribution in [2.45, 2.75) is 11.4 Å². The van der Waals surface area contributed by atoms with E-state index < -0.39 is 10.0 Å². The molecule has 0 atom stereocenters. The van der Waals surface area contributed by atoms with Crippen LogP contribution in [0.25, 0.3) is 0 Å². The lowest BCUT2D eigenvalue weighted by Crippen LogP contribution is -2.21. The molecule has 0 aliphatic rings. The lowest BCUT2D eigenvalue weighted by molar-refractivity contribution is 0.521. The van der Waals surface area contributed by atoms with E-state index in [1.807, 2.05) is 0 Å². The highest BCUT2D eigenvalue weighted by molar-refractivity contribution is 7.89. The van der Waals surface area contributed by atoms with Gasteiger partial charge in [-0.2, -0.15) is 0 Å². The number of nitrogens with two attached hydrogens (primary N) is 1. The van der Waals surface area contributed by atoms with Gasteiger partial charge in [-0.1, -0.05) is 0 Å². The number of rotatable bonds is 3. The van der Waals surface area contributed by atoms with Gasteiger partial charge in [-0.05, 0) is 6.07 Å². The minimum Gasteiger partial charge on any atom is -0.326 e. The first-order valence-corrected chi connectivity index (χ1v) is 6.00. The summed E-state index contributed by atoms with van der Waals surface area (Å²) in [6.07, 6.45) is 0. The summed E-state index contributed by atoms with van der Waals surface area (Å²) in [6.45, 7) is 0.383. The van der Waals surface area contributed by atoms with Gasteiger partial charge < -0.3 is 5.73 Å². The normalized spacial score (nSPS) is 12.3. The second-order valence-corrected chi connectivity index (χ2v) is 5.89. The fourth-order valence-corrected chi connectivity index (χ4v) is 2.86. The zero-order valence-corrected chi connectivity index (χ0v) is 9.15. The Balaban J connectivity index is 3.09. The molecule has 0 saturated carbocycles. The van der Waals surface area contributed by atoms with Crippen LogP contribution in [0.3, 0.4) is 0 Å². The molecule has 6 heteroatoms. The Morgan fingerprint density at radius 2 is 2.15 bits per heavy atom. The van der Waals surface area contributed by atoms with E-state index in [2.05, 4.69) is 0 Å². The van der Waals surface area contributed by atoms with Gasteiger partial charge in [0.2, 0.25) is 10.0 Å². The predicted octanol–water partition coefficient (Wildman–Crippen LogP) is 0.457. The van der Waals surface area contributed by atoms with E-state index in [1.54, 1.807) is 11.4 Å². The number of sulfonamides is 1. The Bertz CT molecular complexity index is 381. The smallest absolute Gasteiger partial charge is 0.243 e. The van der Waals surface area contributed by atoms with E-state index >= 15 is 0 Å². The Hall–Kier alpha value is -0.430. The Labute approximate surface area is 82.0 Å². The molecule has 0 aliphatic heterocycles. The lowest BCUT2D eigenvalue weighted by Gasteiger charge is -2.08. The zero-order chi connectivity index (χ0) is 10.1. The fraction of sp³-hybridized carbons (Fsp3) is 0.429. The largest absolute Gasteiger partial charge is 0.326 e. The quantitative estimate of drug-likeness (QED) is 0.804. The summed E-state index contributed by atoms with van der Waals surface area (Å²) in [5.41, 5.74) is 5.38. The summed E-state index contributed by atoms with van der Waals surface area (Å²) in [6, 6.07) is 1.61. The molecule has 0 spiro atoms. The maximum Gasteiger partial charge on any atom is 0.243 e. The van der Waals surface area contributed by atoms with Crippen LogP contribution in [-0.2, 0) is 16.6 Å². The predicted molar refractivity (Wildman–Crippen MR) is 53.1 cm³/mol. The molecule has 0 aliphatic carbocycles. The van der Waals surface area contributed by atoms with E-state index in [0.29, 0.717) is 11.4 Å². The maximum absolute atomic E-state index is 11.6. The van der Waals surface area contributed by atoms with Crippen LogP contribution in [0.15, 0.2) is 16.3 Å². The molecular weight excluding hydrogens is 208 g/mol. The monoisotopic (exact) mass is 220 g/mol. The average molecular weight is 220 g/mol. The number of nitrogens with zero attached hydrogens (tertiary/aromatic N) is 1. The van der Waals surface area contributed by atoms with Crippen LogP contribution in [0, 0.1) is 0 Å². The molecule has 0 amide bonds. The lowest BCUT2D eigenvalue weighted by atomic mass is 10.5. The number of hydrogen-bond donors (Lipinski definition) is 1. The van der Waals surface area contributed by atoms with Crippen LogP contribution < -0.4 is 5.73 Å². The first kappa shape index (κ1) is 10.6. The van der Waals surface area contributed by atoms with Crippen molar-refractivity contribution >= 4 is 21.4 Å². The van der Waals surface area contributed by atoms with Crippen molar-refractivity contribution in [3.05, 3.63) is 16.3 Å². The third-order valence-corrected chi connectivity index (χ3v) is 4.51. The minimum absolute atomic E-state index is 0.322. The van der Waals surface area contributed by atoms with Crippen LogP contribution in [0.5, 0.6) is 0 Å². The molecule has 1 aromatic rings. The minimum atomic E-state index is -3.28. The SMILES string of the molecule is CN(C)S(=O)(=O)c1csc(CN)c1. The highest BCUT2D eigenvalue weighted by atomic mass is 32.2. The van der Waals surface area contributed by atoms with Crippen LogP contribution in [0.1, 0.15) is 4.88 Å². The second-order valence-electron chi connectivity index (χ2n) is 2.74. The van der Waals surface area contributed by atoms with Gasteiger partial charge in [0, 0.05) is 30.9 Å². The summed E-state index contributed by atoms with van der Waals surface area (Å²) in [7, 11) is -0.260. The third-order valence-electron chi connectivity index (χ3n) is 1.61. The topological polar surface area (TPSA) is 63.4 Å². The van der Waals surface area contributed by atoms with Crippen LogP contribution >= 0.6 is 11.3 Å². The van der Waals surface area contributed by atoms with Crippen molar-refractivity contribution in [1.29, 1.82) is 0 Å². The van der Waals surface area contributed by atoms with E-state index in [1.165, 1.54) is 29.7 Å². The van der Waals surface area contributed by atoms with Crippen LogP contribution in [-0.4, -0.2) is 26.8 Å². The van der Waals surface area contributed by atoms with Gasteiger partial charge in [-0.15, -0.1) is 11.3 Å². The van der Waals surface area contributed by atoms with Crippen LogP contribution in [0.2, 0.25) is 0 Å². The fourth-order valence-electron chi connectivity index (χ4n) is 0.814. The third kappa shape index (κ3) is 2.08. The highest BCUT2D eigenvalue weighted by Gasteiger charge is 2.18. The van der Waals surface area contributed by atoms with Crippen molar-refractivity contribution in [1.82, 2.24) is 4.31 Å². The number of hydrogen-bond acceptors (Lipinski definition) is 4. The van der Waals surface area contributed by atoms with E-state index in [0.717, 1.165) is 4.88 Å². The van der Waals surface area contributed by atoms with Crippen molar-refractivity contribution in [3.63, 3.8) is 0 Å². The van der Waals surface area contributed by atoms with Crippen molar-refractivity contribution in [3.8, 4) is 0 Å². The molecule has 1 rings (SSSR count). The first-order valence-electron chi connectivity index (χ1n) is 3.68. The molecule has 0 bridgehead atoms. The van der Waals surface area contributed by atoms with Gasteiger partial charge in [-0.3, -0.25) is 0 Å². The van der Waals surface area contributed by atoms with Gasteiger partial charge in [0.05, 0.1) is 4.90 Å². The molecule has 13 heavy (non-hydrogen) atoms. The molecule has 74 valence electrons. The molecule has 1 aromatic heterocycles. The van der Waals surface area contributed by atoms with E-state index in [4.69, 9.17) is 5.73 Å². The highest BCUT2D eigenvalue weighted by Crippen LogP contribution is 2.20. The average Bonchev–Trinajstić information content (AvgIpc) is 2.51. The zero-order valence-electron chi connectivity index (χ0n) is 7.52. The second kappa shape index (κ2) is 3.75. The Morgan fingerprint density at radius 1 is 1.54 bits per heavy atom. The molecule has 0 saturated heterocycles. The molecule has 0 unspecified atom stereocenters. The summed E-state index contributed by atoms with van der Waals surface area (Å²) in [4.78, 5) is 1.20. The maximum atomic E-state index is 11.6. The van der Waals surface area contributed by atoms with E-state index in [-0.39, 0.29) is 0 Å². The summed E-state index contributed by atoms with van der Waals surface area (Å²) < 4.78 is 24.3. The van der Waals surface area contributed by atoms with Crippen molar-refractivity contribution < 1.29 is 8.42 Å². The first-order chi connectivity index (χ1) is 5.98.